The smallest absolute Gasteiger partial charge is 0.0622 e. The molecule has 8 aromatic carbocycles. The van der Waals surface area contributed by atoms with E-state index in [2.05, 4.69) is 174 Å². The SMILES string of the molecule is c1ccc(C2c3ccccc3-c3cc(-c4ccc5c(c4)c4ccc6c(c4n5-c4cccc5ccccc45)-c4ccccc4C6)ccc32)cc1. The minimum atomic E-state index is 0.257. The molecule has 228 valence electrons. The highest BCUT2D eigenvalue weighted by molar-refractivity contribution is 6.17. The van der Waals surface area contributed by atoms with Gasteiger partial charge in [0.25, 0.3) is 0 Å². The standard InChI is InChI=1S/C48H31N/c1-2-12-31(13-3-1)46-39-19-9-8-18-38(39)42-28-32(21-24-40(42)46)33-23-26-45-43(29-33)41-25-22-35-27-34-14-5-7-17-37(34)47(35)48(41)49(45)44-20-10-15-30-11-4-6-16-36(30)44/h1-26,28-29,46H,27H2. The van der Waals surface area contributed by atoms with Crippen molar-refractivity contribution in [2.75, 3.05) is 0 Å². The molecular weight excluding hydrogens is 591 g/mol. The van der Waals surface area contributed by atoms with Crippen molar-refractivity contribution in [3.05, 3.63) is 198 Å². The summed E-state index contributed by atoms with van der Waals surface area (Å²) in [5.41, 5.74) is 18.6. The van der Waals surface area contributed by atoms with E-state index in [4.69, 9.17) is 0 Å². The first-order valence-corrected chi connectivity index (χ1v) is 17.3. The molecule has 0 saturated heterocycles. The van der Waals surface area contributed by atoms with Gasteiger partial charge in [0.1, 0.15) is 0 Å². The zero-order valence-corrected chi connectivity index (χ0v) is 26.9. The van der Waals surface area contributed by atoms with Gasteiger partial charge < -0.3 is 4.57 Å². The molecule has 0 spiro atoms. The van der Waals surface area contributed by atoms with Crippen LogP contribution >= 0.6 is 0 Å². The molecule has 2 aliphatic rings. The van der Waals surface area contributed by atoms with Crippen molar-refractivity contribution < 1.29 is 0 Å². The predicted molar refractivity (Wildman–Crippen MR) is 205 cm³/mol. The maximum atomic E-state index is 2.54. The third-order valence-corrected chi connectivity index (χ3v) is 11.1. The first-order valence-electron chi connectivity index (χ1n) is 17.3. The average Bonchev–Trinajstić information content (AvgIpc) is 3.82. The van der Waals surface area contributed by atoms with Crippen LogP contribution in [-0.2, 0) is 6.42 Å². The van der Waals surface area contributed by atoms with Crippen LogP contribution in [0.25, 0.3) is 71.6 Å². The van der Waals surface area contributed by atoms with Crippen molar-refractivity contribution in [2.45, 2.75) is 12.3 Å². The Bertz CT molecular complexity index is 2790. The van der Waals surface area contributed by atoms with Crippen molar-refractivity contribution in [3.63, 3.8) is 0 Å². The molecule has 0 amide bonds. The molecule has 0 radical (unpaired) electrons. The zero-order chi connectivity index (χ0) is 32.1. The molecule has 0 bridgehead atoms. The normalized spacial score (nSPS) is 14.2. The van der Waals surface area contributed by atoms with Crippen molar-refractivity contribution in [1.29, 1.82) is 0 Å². The van der Waals surface area contributed by atoms with Gasteiger partial charge >= 0.3 is 0 Å². The minimum Gasteiger partial charge on any atom is -0.308 e. The fraction of sp³-hybridized carbons (Fsp3) is 0.0417. The van der Waals surface area contributed by atoms with Crippen molar-refractivity contribution in [3.8, 4) is 39.1 Å². The molecule has 0 N–H and O–H groups in total. The summed E-state index contributed by atoms with van der Waals surface area (Å²) >= 11 is 0. The van der Waals surface area contributed by atoms with Crippen molar-refractivity contribution in [2.24, 2.45) is 0 Å². The molecule has 1 heterocycles. The second kappa shape index (κ2) is 10.2. The lowest BCUT2D eigenvalue weighted by atomic mass is 9.89. The Morgan fingerprint density at radius 1 is 0.449 bits per heavy atom. The number of rotatable bonds is 3. The highest BCUT2D eigenvalue weighted by Crippen LogP contribution is 2.50. The van der Waals surface area contributed by atoms with Crippen LogP contribution in [0.5, 0.6) is 0 Å². The first kappa shape index (κ1) is 26.8. The van der Waals surface area contributed by atoms with E-state index in [1.807, 2.05) is 0 Å². The molecule has 0 saturated carbocycles. The Hall–Kier alpha value is -6.18. The lowest BCUT2D eigenvalue weighted by molar-refractivity contribution is 1.02. The molecule has 1 heteroatoms. The minimum absolute atomic E-state index is 0.257. The quantitative estimate of drug-likeness (QED) is 0.185. The van der Waals surface area contributed by atoms with Gasteiger partial charge in [0.15, 0.2) is 0 Å². The summed E-state index contributed by atoms with van der Waals surface area (Å²) in [6.45, 7) is 0. The molecule has 1 atom stereocenters. The molecule has 1 aromatic heterocycles. The van der Waals surface area contributed by atoms with Gasteiger partial charge in [-0.25, -0.2) is 0 Å². The van der Waals surface area contributed by atoms with E-state index in [1.165, 1.54) is 99.5 Å². The van der Waals surface area contributed by atoms with Gasteiger partial charge in [-0.15, -0.1) is 0 Å². The molecule has 0 fully saturated rings. The topological polar surface area (TPSA) is 4.93 Å². The third-order valence-electron chi connectivity index (χ3n) is 11.1. The number of hydrogen-bond donors (Lipinski definition) is 0. The summed E-state index contributed by atoms with van der Waals surface area (Å²) in [5, 5.41) is 5.11. The summed E-state index contributed by atoms with van der Waals surface area (Å²) in [4.78, 5) is 0. The number of fused-ring (bicyclic) bond motifs is 11. The van der Waals surface area contributed by atoms with Gasteiger partial charge in [0, 0.05) is 27.6 Å². The van der Waals surface area contributed by atoms with E-state index < -0.39 is 0 Å². The highest BCUT2D eigenvalue weighted by atomic mass is 15.0. The molecule has 2 aliphatic carbocycles. The van der Waals surface area contributed by atoms with Gasteiger partial charge in [-0.2, -0.15) is 0 Å². The van der Waals surface area contributed by atoms with Crippen LogP contribution in [0.2, 0.25) is 0 Å². The summed E-state index contributed by atoms with van der Waals surface area (Å²) < 4.78 is 2.54. The summed E-state index contributed by atoms with van der Waals surface area (Å²) in [6, 6.07) is 63.3. The van der Waals surface area contributed by atoms with Crippen LogP contribution < -0.4 is 0 Å². The summed E-state index contributed by atoms with van der Waals surface area (Å²) in [6.07, 6.45) is 0.977. The van der Waals surface area contributed by atoms with E-state index in [0.29, 0.717) is 0 Å². The van der Waals surface area contributed by atoms with Crippen LogP contribution in [0, 0.1) is 0 Å². The molecule has 1 nitrogen and oxygen atoms in total. The highest BCUT2D eigenvalue weighted by Gasteiger charge is 2.30. The molecule has 49 heavy (non-hydrogen) atoms. The Morgan fingerprint density at radius 2 is 1.18 bits per heavy atom. The van der Waals surface area contributed by atoms with Gasteiger partial charge in [-0.1, -0.05) is 146 Å². The number of hydrogen-bond acceptors (Lipinski definition) is 0. The Morgan fingerprint density at radius 3 is 2.12 bits per heavy atom. The van der Waals surface area contributed by atoms with Crippen molar-refractivity contribution >= 4 is 32.6 Å². The lowest BCUT2D eigenvalue weighted by Gasteiger charge is -2.15. The molecular formula is C48H31N. The van der Waals surface area contributed by atoms with Gasteiger partial charge in [0.05, 0.1) is 16.7 Å². The lowest BCUT2D eigenvalue weighted by Crippen LogP contribution is -1.98. The van der Waals surface area contributed by atoms with Crippen LogP contribution in [0.15, 0.2) is 170 Å². The van der Waals surface area contributed by atoms with Gasteiger partial charge in [-0.3, -0.25) is 0 Å². The van der Waals surface area contributed by atoms with Gasteiger partial charge in [-0.05, 0) is 91.7 Å². The van der Waals surface area contributed by atoms with Crippen LogP contribution in [0.1, 0.15) is 33.7 Å². The monoisotopic (exact) mass is 621 g/mol. The van der Waals surface area contributed by atoms with E-state index in [1.54, 1.807) is 0 Å². The van der Waals surface area contributed by atoms with Crippen molar-refractivity contribution in [1.82, 2.24) is 4.57 Å². The fourth-order valence-electron chi connectivity index (χ4n) is 8.94. The Balaban J connectivity index is 1.16. The zero-order valence-electron chi connectivity index (χ0n) is 26.9. The average molecular weight is 622 g/mol. The molecule has 1 unspecified atom stereocenters. The van der Waals surface area contributed by atoms with E-state index in [0.717, 1.165) is 6.42 Å². The maximum absolute atomic E-state index is 2.54. The van der Waals surface area contributed by atoms with Gasteiger partial charge in [0.2, 0.25) is 0 Å². The number of nitrogens with zero attached hydrogens (tertiary/aromatic N) is 1. The number of benzene rings is 8. The van der Waals surface area contributed by atoms with E-state index >= 15 is 0 Å². The molecule has 9 aromatic rings. The Kier molecular flexibility index (Phi) is 5.57. The fourth-order valence-corrected chi connectivity index (χ4v) is 8.94. The molecule has 0 aliphatic heterocycles. The second-order valence-corrected chi connectivity index (χ2v) is 13.6. The van der Waals surface area contributed by atoms with Crippen LogP contribution in [-0.4, -0.2) is 4.57 Å². The van der Waals surface area contributed by atoms with E-state index in [-0.39, 0.29) is 5.92 Å². The van der Waals surface area contributed by atoms with Crippen LogP contribution in [0.4, 0.5) is 0 Å². The third kappa shape index (κ3) is 3.82. The summed E-state index contributed by atoms with van der Waals surface area (Å²) in [7, 11) is 0. The maximum Gasteiger partial charge on any atom is 0.0622 e. The van der Waals surface area contributed by atoms with Crippen LogP contribution in [0.3, 0.4) is 0 Å². The number of aromatic nitrogens is 1. The predicted octanol–water partition coefficient (Wildman–Crippen LogP) is 12.3. The first-order chi connectivity index (χ1) is 24.3. The second-order valence-electron chi connectivity index (χ2n) is 13.6. The molecule has 11 rings (SSSR count). The largest absolute Gasteiger partial charge is 0.308 e. The van der Waals surface area contributed by atoms with E-state index in [9.17, 15) is 0 Å². The summed E-state index contributed by atoms with van der Waals surface area (Å²) in [5.74, 6) is 0.257. The Labute approximate surface area is 285 Å².